The van der Waals surface area contributed by atoms with E-state index in [9.17, 15) is 13.2 Å². The van der Waals surface area contributed by atoms with Crippen LogP contribution in [0.25, 0.3) is 11.3 Å². The number of Topliss-reactive ketones (excluding diaryl/α,β-unsaturated/α-hetero) is 1. The number of benzene rings is 2. The minimum absolute atomic E-state index is 0.00580. The molecule has 0 aliphatic carbocycles. The molecule has 2 aromatic carbocycles. The van der Waals surface area contributed by atoms with Crippen molar-refractivity contribution < 1.29 is 17.9 Å². The van der Waals surface area contributed by atoms with Crippen LogP contribution in [0.15, 0.2) is 53.4 Å². The van der Waals surface area contributed by atoms with Crippen LogP contribution in [-0.4, -0.2) is 19.8 Å². The third-order valence-corrected chi connectivity index (χ3v) is 5.66. The van der Waals surface area contributed by atoms with Gasteiger partial charge in [0.2, 0.25) is 15.8 Å². The monoisotopic (exact) mass is 391 g/mol. The fraction of sp³-hybridized carbons (Fsp3) is 0.211. The van der Waals surface area contributed by atoms with Crippen molar-refractivity contribution in [3.8, 4) is 0 Å². The first-order valence-electron chi connectivity index (χ1n) is 8.03. The van der Waals surface area contributed by atoms with Gasteiger partial charge in [0.05, 0.1) is 10.5 Å². The van der Waals surface area contributed by atoms with E-state index in [0.29, 0.717) is 33.9 Å². The first kappa shape index (κ1) is 18.6. The second-order valence-corrected chi connectivity index (χ2v) is 8.30. The molecule has 2 aromatic rings. The lowest BCUT2D eigenvalue weighted by molar-refractivity contribution is -0.126. The maximum atomic E-state index is 13.0. The van der Waals surface area contributed by atoms with Gasteiger partial charge in [-0.05, 0) is 55.3 Å². The highest BCUT2D eigenvalue weighted by Crippen LogP contribution is 2.43. The largest absolute Gasteiger partial charge is 0.478 e. The van der Waals surface area contributed by atoms with Crippen LogP contribution >= 0.6 is 11.6 Å². The third-order valence-electron chi connectivity index (χ3n) is 4.49. The normalized spacial score (nSPS) is 20.4. The minimum atomic E-state index is -3.79. The summed E-state index contributed by atoms with van der Waals surface area (Å²) in [4.78, 5) is 13.0. The first-order valence-corrected chi connectivity index (χ1v) is 9.95. The average molecular weight is 392 g/mol. The number of rotatable bonds is 4. The lowest BCUT2D eigenvalue weighted by Gasteiger charge is -2.21. The van der Waals surface area contributed by atoms with E-state index in [4.69, 9.17) is 21.5 Å². The molecular formula is C19H18ClNO4S. The molecule has 0 aromatic heterocycles. The van der Waals surface area contributed by atoms with Gasteiger partial charge in [0.1, 0.15) is 5.76 Å². The van der Waals surface area contributed by atoms with Gasteiger partial charge in [-0.3, -0.25) is 4.79 Å². The first-order chi connectivity index (χ1) is 12.2. The summed E-state index contributed by atoms with van der Waals surface area (Å²) in [6.07, 6.45) is 0.495. The van der Waals surface area contributed by atoms with Gasteiger partial charge >= 0.3 is 0 Å². The number of sulfonamides is 1. The quantitative estimate of drug-likeness (QED) is 0.862. The van der Waals surface area contributed by atoms with E-state index < -0.39 is 15.6 Å². The summed E-state index contributed by atoms with van der Waals surface area (Å²) in [5.41, 5.74) is 0.703. The Hall–Kier alpha value is -2.15. The second kappa shape index (κ2) is 6.54. The van der Waals surface area contributed by atoms with Crippen molar-refractivity contribution in [1.82, 2.24) is 0 Å². The zero-order chi connectivity index (χ0) is 19.1. The van der Waals surface area contributed by atoms with Crippen molar-refractivity contribution in [3.63, 3.8) is 0 Å². The number of hydrogen-bond acceptors (Lipinski definition) is 4. The van der Waals surface area contributed by atoms with E-state index in [1.807, 2.05) is 6.92 Å². The highest BCUT2D eigenvalue weighted by atomic mass is 35.5. The summed E-state index contributed by atoms with van der Waals surface area (Å²) >= 11 is 6.09. The molecule has 3 rings (SSSR count). The second-order valence-electron chi connectivity index (χ2n) is 6.30. The third kappa shape index (κ3) is 3.28. The number of primary sulfonamides is 1. The summed E-state index contributed by atoms with van der Waals surface area (Å²) in [6.45, 7) is 3.62. The van der Waals surface area contributed by atoms with Crippen LogP contribution in [0.4, 0.5) is 0 Å². The number of ether oxygens (including phenoxy) is 1. The minimum Gasteiger partial charge on any atom is -0.478 e. The highest BCUT2D eigenvalue weighted by Gasteiger charge is 2.45. The van der Waals surface area contributed by atoms with Gasteiger partial charge in [-0.2, -0.15) is 0 Å². The summed E-state index contributed by atoms with van der Waals surface area (Å²) < 4.78 is 28.9. The van der Waals surface area contributed by atoms with Crippen molar-refractivity contribution >= 4 is 38.7 Å². The molecule has 1 aliphatic rings. The van der Waals surface area contributed by atoms with Crippen LogP contribution in [-0.2, 0) is 19.6 Å². The molecular weight excluding hydrogens is 374 g/mol. The average Bonchev–Trinajstić information content (AvgIpc) is 2.86. The zero-order valence-electron chi connectivity index (χ0n) is 14.3. The summed E-state index contributed by atoms with van der Waals surface area (Å²) in [6, 6.07) is 12.9. The van der Waals surface area contributed by atoms with Gasteiger partial charge in [-0.1, -0.05) is 30.7 Å². The Labute approximate surface area is 157 Å². The van der Waals surface area contributed by atoms with Crippen LogP contribution in [0.2, 0.25) is 5.02 Å². The molecule has 1 heterocycles. The Kier molecular flexibility index (Phi) is 4.69. The number of hydrogen-bond donors (Lipinski definition) is 1. The predicted octanol–water partition coefficient (Wildman–Crippen LogP) is 3.62. The molecule has 0 amide bonds. The van der Waals surface area contributed by atoms with E-state index >= 15 is 0 Å². The van der Waals surface area contributed by atoms with Gasteiger partial charge in [-0.15, -0.1) is 0 Å². The van der Waals surface area contributed by atoms with Crippen molar-refractivity contribution in [2.24, 2.45) is 5.14 Å². The molecule has 0 spiro atoms. The van der Waals surface area contributed by atoms with Gasteiger partial charge in [-0.25, -0.2) is 13.6 Å². The van der Waals surface area contributed by atoms with Gasteiger partial charge in [0.25, 0.3) is 0 Å². The Morgan fingerprint density at radius 3 is 2.31 bits per heavy atom. The van der Waals surface area contributed by atoms with Crippen LogP contribution in [0.3, 0.4) is 0 Å². The molecule has 0 saturated heterocycles. The fourth-order valence-corrected chi connectivity index (χ4v) is 3.53. The maximum absolute atomic E-state index is 13.0. The predicted molar refractivity (Wildman–Crippen MR) is 101 cm³/mol. The molecule has 26 heavy (non-hydrogen) atoms. The molecule has 0 bridgehead atoms. The molecule has 5 nitrogen and oxygen atoms in total. The Morgan fingerprint density at radius 2 is 1.77 bits per heavy atom. The Bertz CT molecular complexity index is 1010. The number of ketones is 1. The van der Waals surface area contributed by atoms with Crippen molar-refractivity contribution in [2.45, 2.75) is 30.8 Å². The zero-order valence-corrected chi connectivity index (χ0v) is 15.9. The summed E-state index contributed by atoms with van der Waals surface area (Å²) in [7, 11) is -3.79. The molecule has 136 valence electrons. The van der Waals surface area contributed by atoms with Crippen LogP contribution in [0, 0.1) is 0 Å². The topological polar surface area (TPSA) is 86.5 Å². The van der Waals surface area contributed by atoms with Crippen LogP contribution in [0.5, 0.6) is 0 Å². The molecule has 0 saturated carbocycles. The molecule has 7 heteroatoms. The lowest BCUT2D eigenvalue weighted by atomic mass is 9.90. The Balaban J connectivity index is 2.18. The van der Waals surface area contributed by atoms with Crippen molar-refractivity contribution in [3.05, 3.63) is 64.7 Å². The lowest BCUT2D eigenvalue weighted by Crippen LogP contribution is -2.32. The summed E-state index contributed by atoms with van der Waals surface area (Å²) in [5, 5.41) is 5.65. The van der Waals surface area contributed by atoms with Crippen LogP contribution < -0.4 is 5.14 Å². The van der Waals surface area contributed by atoms with Gasteiger partial charge < -0.3 is 4.74 Å². The molecule has 0 radical (unpaired) electrons. The maximum Gasteiger partial charge on any atom is 0.238 e. The van der Waals surface area contributed by atoms with Crippen molar-refractivity contribution in [1.29, 1.82) is 0 Å². The standard InChI is InChI=1S/C19H18ClNO4S/c1-3-19(2)18(22)16(13-5-4-6-14(20)11-13)17(25-19)12-7-9-15(10-8-12)26(21,23)24/h4-11H,3H2,1-2H3,(H2,21,23,24). The fourth-order valence-electron chi connectivity index (χ4n) is 2.83. The van der Waals surface area contributed by atoms with E-state index in [0.717, 1.165) is 0 Å². The number of nitrogens with two attached hydrogens (primary N) is 1. The van der Waals surface area contributed by atoms with Crippen molar-refractivity contribution in [2.75, 3.05) is 0 Å². The molecule has 1 unspecified atom stereocenters. The molecule has 1 atom stereocenters. The molecule has 1 aliphatic heterocycles. The molecule has 2 N–H and O–H groups in total. The summed E-state index contributed by atoms with van der Waals surface area (Å²) in [5.74, 6) is 0.273. The Morgan fingerprint density at radius 1 is 1.12 bits per heavy atom. The smallest absolute Gasteiger partial charge is 0.238 e. The van der Waals surface area contributed by atoms with E-state index in [2.05, 4.69) is 0 Å². The van der Waals surface area contributed by atoms with Crippen LogP contribution in [0.1, 0.15) is 31.4 Å². The number of carbonyl (C=O) groups is 1. The number of halogens is 1. The van der Waals surface area contributed by atoms with Gasteiger partial charge in [0.15, 0.2) is 5.60 Å². The number of carbonyl (C=O) groups excluding carboxylic acids is 1. The van der Waals surface area contributed by atoms with E-state index in [1.165, 1.54) is 12.1 Å². The SMILES string of the molecule is CCC1(C)OC(c2ccc(S(N)(=O)=O)cc2)=C(c2cccc(Cl)c2)C1=O. The molecule has 0 fully saturated rings. The highest BCUT2D eigenvalue weighted by molar-refractivity contribution is 7.89. The van der Waals surface area contributed by atoms with E-state index in [-0.39, 0.29) is 10.7 Å². The van der Waals surface area contributed by atoms with Gasteiger partial charge in [0, 0.05) is 10.6 Å². The van der Waals surface area contributed by atoms with E-state index in [1.54, 1.807) is 43.3 Å².